The van der Waals surface area contributed by atoms with Crippen molar-refractivity contribution in [1.29, 1.82) is 0 Å². The summed E-state index contributed by atoms with van der Waals surface area (Å²) in [6.07, 6.45) is 1.28. The first-order valence-electron chi connectivity index (χ1n) is 7.47. The quantitative estimate of drug-likeness (QED) is 0.363. The number of carbonyl (C=O) groups excluding carboxylic acids is 1. The highest BCUT2D eigenvalue weighted by atomic mass is 127. The van der Waals surface area contributed by atoms with Crippen LogP contribution < -0.4 is 16.0 Å². The number of hydrogen-bond acceptors (Lipinski definition) is 4. The molecule has 1 amide bonds. The van der Waals surface area contributed by atoms with E-state index in [-0.39, 0.29) is 24.0 Å². The molecule has 1 heterocycles. The Balaban J connectivity index is 0.00000312. The fourth-order valence-electron chi connectivity index (χ4n) is 2.03. The number of hydrogen-bond donors (Lipinski definition) is 3. The van der Waals surface area contributed by atoms with Crippen LogP contribution in [0.4, 0.5) is 10.5 Å². The molecular weight excluding hydrogens is 435 g/mol. The van der Waals surface area contributed by atoms with E-state index in [2.05, 4.69) is 30.8 Å². The summed E-state index contributed by atoms with van der Waals surface area (Å²) in [7, 11) is 4.96. The molecule has 0 saturated heterocycles. The highest BCUT2D eigenvalue weighted by Gasteiger charge is 2.03. The minimum atomic E-state index is -0.486. The number of aryl methyl sites for hydroxylation is 1. The first-order chi connectivity index (χ1) is 11.6. The van der Waals surface area contributed by atoms with Gasteiger partial charge in [0.25, 0.3) is 0 Å². The van der Waals surface area contributed by atoms with E-state index >= 15 is 0 Å². The van der Waals surface area contributed by atoms with Gasteiger partial charge >= 0.3 is 6.09 Å². The summed E-state index contributed by atoms with van der Waals surface area (Å²) in [5.41, 5.74) is 2.81. The average molecular weight is 458 g/mol. The number of halogens is 1. The van der Waals surface area contributed by atoms with Gasteiger partial charge in [-0.05, 0) is 23.8 Å². The molecule has 0 radical (unpaired) electrons. The first-order valence-corrected chi connectivity index (χ1v) is 7.47. The number of guanidine groups is 1. The van der Waals surface area contributed by atoms with Crippen molar-refractivity contribution in [2.24, 2.45) is 12.0 Å². The highest BCUT2D eigenvalue weighted by molar-refractivity contribution is 14.0. The Hall–Kier alpha value is -2.30. The Bertz CT molecular complexity index is 699. The average Bonchev–Trinajstić information content (AvgIpc) is 3.01. The number of aliphatic imine (C=N–C) groups is 1. The van der Waals surface area contributed by atoms with E-state index in [1.807, 2.05) is 42.1 Å². The number of methoxy groups -OCH3 is 1. The number of aromatic nitrogens is 2. The third kappa shape index (κ3) is 6.61. The van der Waals surface area contributed by atoms with Gasteiger partial charge in [-0.15, -0.1) is 24.0 Å². The van der Waals surface area contributed by atoms with Gasteiger partial charge in [0.2, 0.25) is 0 Å². The maximum Gasteiger partial charge on any atom is 0.411 e. The Morgan fingerprint density at radius 3 is 2.44 bits per heavy atom. The molecule has 8 nitrogen and oxygen atoms in total. The molecule has 0 aliphatic carbocycles. The second-order valence-corrected chi connectivity index (χ2v) is 5.04. The van der Waals surface area contributed by atoms with Crippen LogP contribution in [0.2, 0.25) is 0 Å². The molecule has 1 aromatic heterocycles. The molecule has 0 fully saturated rings. The van der Waals surface area contributed by atoms with Gasteiger partial charge in [-0.25, -0.2) is 4.79 Å². The lowest BCUT2D eigenvalue weighted by molar-refractivity contribution is 0.187. The minimum Gasteiger partial charge on any atom is -0.453 e. The monoisotopic (exact) mass is 458 g/mol. The zero-order valence-corrected chi connectivity index (χ0v) is 16.8. The molecule has 0 unspecified atom stereocenters. The lowest BCUT2D eigenvalue weighted by Crippen LogP contribution is -2.36. The van der Waals surface area contributed by atoms with Crippen molar-refractivity contribution in [2.45, 2.75) is 13.1 Å². The Labute approximate surface area is 164 Å². The van der Waals surface area contributed by atoms with E-state index in [1.54, 1.807) is 13.2 Å². The van der Waals surface area contributed by atoms with Gasteiger partial charge in [0, 0.05) is 32.5 Å². The molecule has 2 rings (SSSR count). The maximum absolute atomic E-state index is 11.1. The lowest BCUT2D eigenvalue weighted by Gasteiger charge is -2.12. The molecule has 136 valence electrons. The summed E-state index contributed by atoms with van der Waals surface area (Å²) in [6, 6.07) is 9.44. The van der Waals surface area contributed by atoms with Gasteiger partial charge in [0.1, 0.15) is 0 Å². The molecule has 0 aliphatic heterocycles. The predicted octanol–water partition coefficient (Wildman–Crippen LogP) is 2.08. The van der Waals surface area contributed by atoms with Crippen molar-refractivity contribution in [3.63, 3.8) is 0 Å². The Morgan fingerprint density at radius 2 is 1.88 bits per heavy atom. The highest BCUT2D eigenvalue weighted by Crippen LogP contribution is 2.09. The molecule has 0 saturated carbocycles. The van der Waals surface area contributed by atoms with Crippen LogP contribution in [-0.4, -0.2) is 36.0 Å². The van der Waals surface area contributed by atoms with Crippen LogP contribution >= 0.6 is 24.0 Å². The van der Waals surface area contributed by atoms with Crippen molar-refractivity contribution in [3.05, 3.63) is 47.8 Å². The largest absolute Gasteiger partial charge is 0.453 e. The molecule has 3 N–H and O–H groups in total. The van der Waals surface area contributed by atoms with Gasteiger partial charge in [-0.2, -0.15) is 5.10 Å². The molecule has 9 heteroatoms. The van der Waals surface area contributed by atoms with E-state index in [1.165, 1.54) is 7.11 Å². The molecule has 2 aromatic rings. The van der Waals surface area contributed by atoms with Gasteiger partial charge in [-0.3, -0.25) is 15.0 Å². The van der Waals surface area contributed by atoms with Crippen molar-refractivity contribution >= 4 is 41.7 Å². The predicted molar refractivity (Wildman–Crippen MR) is 108 cm³/mol. The number of nitrogens with zero attached hydrogens (tertiary/aromatic N) is 3. The third-order valence-corrected chi connectivity index (χ3v) is 3.43. The number of rotatable bonds is 5. The van der Waals surface area contributed by atoms with Gasteiger partial charge in [0.15, 0.2) is 5.96 Å². The SMILES string of the molecule is CN=C(NCc1ccc(NC(=O)OC)cc1)NCc1ccnn1C.I. The summed E-state index contributed by atoms with van der Waals surface area (Å²) in [5.74, 6) is 0.702. The van der Waals surface area contributed by atoms with Crippen LogP contribution in [0.1, 0.15) is 11.3 Å². The summed E-state index contributed by atoms with van der Waals surface area (Å²) in [4.78, 5) is 15.3. The molecule has 25 heavy (non-hydrogen) atoms. The second kappa shape index (κ2) is 10.5. The topological polar surface area (TPSA) is 92.6 Å². The second-order valence-electron chi connectivity index (χ2n) is 5.04. The summed E-state index contributed by atoms with van der Waals surface area (Å²) < 4.78 is 6.36. The van der Waals surface area contributed by atoms with Gasteiger partial charge in [0.05, 0.1) is 19.3 Å². The van der Waals surface area contributed by atoms with E-state index < -0.39 is 6.09 Å². The summed E-state index contributed by atoms with van der Waals surface area (Å²) >= 11 is 0. The smallest absolute Gasteiger partial charge is 0.411 e. The fourth-order valence-corrected chi connectivity index (χ4v) is 2.03. The zero-order valence-electron chi connectivity index (χ0n) is 14.4. The standard InChI is InChI=1S/C16H22N6O2.HI/c1-17-15(19-11-14-8-9-20-22(14)2)18-10-12-4-6-13(7-5-12)21-16(23)24-3;/h4-9H,10-11H2,1-3H3,(H,21,23)(H2,17,18,19);1H. The van der Waals surface area contributed by atoms with Crippen LogP contribution in [0.5, 0.6) is 0 Å². The Morgan fingerprint density at radius 1 is 1.20 bits per heavy atom. The molecular formula is C16H23IN6O2. The van der Waals surface area contributed by atoms with Crippen molar-refractivity contribution < 1.29 is 9.53 Å². The number of benzene rings is 1. The molecule has 0 atom stereocenters. The van der Waals surface area contributed by atoms with E-state index in [0.717, 1.165) is 11.3 Å². The Kier molecular flexibility index (Phi) is 8.75. The molecule has 1 aromatic carbocycles. The van der Waals surface area contributed by atoms with Crippen LogP contribution in [0.3, 0.4) is 0 Å². The number of carbonyl (C=O) groups is 1. The number of anilines is 1. The summed E-state index contributed by atoms with van der Waals surface area (Å²) in [6.45, 7) is 1.25. The summed E-state index contributed by atoms with van der Waals surface area (Å²) in [5, 5.41) is 13.2. The van der Waals surface area contributed by atoms with E-state index in [4.69, 9.17) is 0 Å². The van der Waals surface area contributed by atoms with Crippen LogP contribution in [-0.2, 0) is 24.9 Å². The van der Waals surface area contributed by atoms with E-state index in [9.17, 15) is 4.79 Å². The molecule has 0 aliphatic rings. The number of amides is 1. The number of nitrogens with one attached hydrogen (secondary N) is 3. The number of ether oxygens (including phenoxy) is 1. The third-order valence-electron chi connectivity index (χ3n) is 3.43. The lowest BCUT2D eigenvalue weighted by atomic mass is 10.2. The molecule has 0 spiro atoms. The first kappa shape index (κ1) is 20.7. The fraction of sp³-hybridized carbons (Fsp3) is 0.312. The van der Waals surface area contributed by atoms with Gasteiger partial charge < -0.3 is 15.4 Å². The van der Waals surface area contributed by atoms with Gasteiger partial charge in [-0.1, -0.05) is 12.1 Å². The van der Waals surface area contributed by atoms with Crippen molar-refractivity contribution in [3.8, 4) is 0 Å². The van der Waals surface area contributed by atoms with Crippen LogP contribution in [0, 0.1) is 0 Å². The molecule has 0 bridgehead atoms. The normalized spacial score (nSPS) is 10.6. The van der Waals surface area contributed by atoms with E-state index in [0.29, 0.717) is 24.7 Å². The maximum atomic E-state index is 11.1. The van der Waals surface area contributed by atoms with Crippen LogP contribution in [0.25, 0.3) is 0 Å². The van der Waals surface area contributed by atoms with Crippen LogP contribution in [0.15, 0.2) is 41.5 Å². The zero-order chi connectivity index (χ0) is 17.4. The van der Waals surface area contributed by atoms with Crippen molar-refractivity contribution in [1.82, 2.24) is 20.4 Å². The minimum absolute atomic E-state index is 0. The van der Waals surface area contributed by atoms with Crippen molar-refractivity contribution in [2.75, 3.05) is 19.5 Å².